The largest absolute Gasteiger partial charge is 0.508 e. The Kier molecular flexibility index (Phi) is 5.14. The van der Waals surface area contributed by atoms with Crippen molar-refractivity contribution in [3.8, 4) is 5.75 Å². The van der Waals surface area contributed by atoms with E-state index in [2.05, 4.69) is 10.1 Å². The van der Waals surface area contributed by atoms with Crippen LogP contribution in [-0.4, -0.2) is 24.2 Å². The van der Waals surface area contributed by atoms with Crippen molar-refractivity contribution < 1.29 is 19.4 Å². The number of benzene rings is 2. The van der Waals surface area contributed by atoms with Crippen LogP contribution in [0.15, 0.2) is 54.6 Å². The first-order valence-electron chi connectivity index (χ1n) is 6.82. The Balaban J connectivity index is 2.29. The fourth-order valence-electron chi connectivity index (χ4n) is 2.28. The summed E-state index contributed by atoms with van der Waals surface area (Å²) in [7, 11) is 1.19. The average Bonchev–Trinajstić information content (AvgIpc) is 2.54. The molecule has 2 N–H and O–H groups in total. The van der Waals surface area contributed by atoms with Crippen molar-refractivity contribution in [1.82, 2.24) is 5.32 Å². The number of alkyl carbamates (subject to hydrolysis) is 1. The zero-order chi connectivity index (χ0) is 15.9. The Morgan fingerprint density at radius 2 is 1.73 bits per heavy atom. The number of aromatic hydroxyl groups is 1. The van der Waals surface area contributed by atoms with Gasteiger partial charge in [0, 0.05) is 17.9 Å². The first-order valence-corrected chi connectivity index (χ1v) is 6.82. The highest BCUT2D eigenvalue weighted by Gasteiger charge is 2.21. The van der Waals surface area contributed by atoms with Gasteiger partial charge in [0.05, 0.1) is 7.11 Å². The molecule has 0 fully saturated rings. The fourth-order valence-corrected chi connectivity index (χ4v) is 2.28. The second kappa shape index (κ2) is 7.26. The van der Waals surface area contributed by atoms with Crippen molar-refractivity contribution in [2.24, 2.45) is 0 Å². The van der Waals surface area contributed by atoms with E-state index in [0.717, 1.165) is 5.56 Å². The second-order valence-corrected chi connectivity index (χ2v) is 4.77. The maximum atomic E-state index is 12.0. The molecule has 114 valence electrons. The summed E-state index contributed by atoms with van der Waals surface area (Å²) >= 11 is 0. The molecule has 0 heterocycles. The quantitative estimate of drug-likeness (QED) is 0.910. The third-order valence-electron chi connectivity index (χ3n) is 3.33. The maximum Gasteiger partial charge on any atom is 0.413 e. The third kappa shape index (κ3) is 3.85. The zero-order valence-electron chi connectivity index (χ0n) is 12.2. The monoisotopic (exact) mass is 299 g/mol. The van der Waals surface area contributed by atoms with Crippen LogP contribution in [0, 0.1) is 0 Å². The van der Waals surface area contributed by atoms with Crippen LogP contribution in [0.3, 0.4) is 0 Å². The van der Waals surface area contributed by atoms with Crippen LogP contribution >= 0.6 is 0 Å². The average molecular weight is 299 g/mol. The molecular formula is C17H17NO4. The van der Waals surface area contributed by atoms with Crippen molar-refractivity contribution in [2.45, 2.75) is 12.3 Å². The van der Waals surface area contributed by atoms with Crippen molar-refractivity contribution in [3.63, 3.8) is 0 Å². The highest BCUT2D eigenvalue weighted by Crippen LogP contribution is 2.33. The molecule has 0 aliphatic carbocycles. The van der Waals surface area contributed by atoms with Crippen LogP contribution in [0.5, 0.6) is 5.75 Å². The SMILES string of the molecule is COC(=O)NC(=O)CC(c1ccccc1)c1ccccc1O. The van der Waals surface area contributed by atoms with E-state index >= 15 is 0 Å². The number of hydrogen-bond acceptors (Lipinski definition) is 4. The minimum atomic E-state index is -0.797. The van der Waals surface area contributed by atoms with Gasteiger partial charge in [0.25, 0.3) is 0 Å². The molecule has 2 aromatic rings. The van der Waals surface area contributed by atoms with Gasteiger partial charge in [-0.3, -0.25) is 10.1 Å². The van der Waals surface area contributed by atoms with Crippen molar-refractivity contribution in [3.05, 3.63) is 65.7 Å². The summed E-state index contributed by atoms with van der Waals surface area (Å²) in [6, 6.07) is 16.2. The minimum absolute atomic E-state index is 0.0245. The molecule has 2 aromatic carbocycles. The van der Waals surface area contributed by atoms with Crippen LogP contribution in [0.1, 0.15) is 23.5 Å². The number of rotatable bonds is 4. The number of phenolic OH excluding ortho intramolecular Hbond substituents is 1. The minimum Gasteiger partial charge on any atom is -0.508 e. The van der Waals surface area contributed by atoms with Gasteiger partial charge in [-0.15, -0.1) is 0 Å². The van der Waals surface area contributed by atoms with E-state index in [-0.39, 0.29) is 18.1 Å². The normalized spacial score (nSPS) is 11.5. The van der Waals surface area contributed by atoms with Crippen LogP contribution in [-0.2, 0) is 9.53 Å². The third-order valence-corrected chi connectivity index (χ3v) is 3.33. The molecule has 0 radical (unpaired) electrons. The Labute approximate surface area is 128 Å². The lowest BCUT2D eigenvalue weighted by atomic mass is 9.87. The van der Waals surface area contributed by atoms with Gasteiger partial charge in [-0.25, -0.2) is 4.79 Å². The summed E-state index contributed by atoms with van der Waals surface area (Å²) in [6.45, 7) is 0. The summed E-state index contributed by atoms with van der Waals surface area (Å²) in [5, 5.41) is 12.2. The molecule has 22 heavy (non-hydrogen) atoms. The molecule has 0 saturated heterocycles. The lowest BCUT2D eigenvalue weighted by Gasteiger charge is -2.18. The Morgan fingerprint density at radius 1 is 1.09 bits per heavy atom. The molecule has 0 aromatic heterocycles. The molecule has 0 aliphatic heterocycles. The van der Waals surface area contributed by atoms with Crippen LogP contribution in [0.2, 0.25) is 0 Å². The van der Waals surface area contributed by atoms with Crippen molar-refractivity contribution in [2.75, 3.05) is 7.11 Å². The topological polar surface area (TPSA) is 75.6 Å². The molecule has 5 nitrogen and oxygen atoms in total. The van der Waals surface area contributed by atoms with Crippen LogP contribution in [0.25, 0.3) is 0 Å². The number of nitrogens with one attached hydrogen (secondary N) is 1. The number of amides is 2. The van der Waals surface area contributed by atoms with Gasteiger partial charge in [-0.05, 0) is 11.6 Å². The van der Waals surface area contributed by atoms with Gasteiger partial charge < -0.3 is 9.84 Å². The fraction of sp³-hybridized carbons (Fsp3) is 0.176. The van der Waals surface area contributed by atoms with Crippen LogP contribution < -0.4 is 5.32 Å². The summed E-state index contributed by atoms with van der Waals surface area (Å²) in [4.78, 5) is 23.1. The number of methoxy groups -OCH3 is 1. The Morgan fingerprint density at radius 3 is 2.36 bits per heavy atom. The van der Waals surface area contributed by atoms with E-state index in [1.807, 2.05) is 30.3 Å². The van der Waals surface area contributed by atoms with Crippen molar-refractivity contribution >= 4 is 12.0 Å². The van der Waals surface area contributed by atoms with Crippen LogP contribution in [0.4, 0.5) is 4.79 Å². The van der Waals surface area contributed by atoms with E-state index in [9.17, 15) is 14.7 Å². The van der Waals surface area contributed by atoms with Gasteiger partial charge in [-0.2, -0.15) is 0 Å². The zero-order valence-corrected chi connectivity index (χ0v) is 12.2. The molecule has 1 unspecified atom stereocenters. The number of carbonyl (C=O) groups is 2. The first kappa shape index (κ1) is 15.6. The molecule has 0 saturated carbocycles. The highest BCUT2D eigenvalue weighted by molar-refractivity contribution is 5.92. The number of ether oxygens (including phenoxy) is 1. The van der Waals surface area contributed by atoms with E-state index in [0.29, 0.717) is 5.56 Å². The summed E-state index contributed by atoms with van der Waals surface area (Å²) in [5.74, 6) is -0.710. The smallest absolute Gasteiger partial charge is 0.413 e. The van der Waals surface area contributed by atoms with E-state index < -0.39 is 12.0 Å². The standard InChI is InChI=1S/C17H17NO4/c1-22-17(21)18-16(20)11-14(12-7-3-2-4-8-12)13-9-5-6-10-15(13)19/h2-10,14,19H,11H2,1H3,(H,18,20,21). The van der Waals surface area contributed by atoms with Gasteiger partial charge in [-0.1, -0.05) is 48.5 Å². The number of carbonyl (C=O) groups excluding carboxylic acids is 2. The van der Waals surface area contributed by atoms with E-state index in [1.165, 1.54) is 7.11 Å². The van der Waals surface area contributed by atoms with E-state index in [4.69, 9.17) is 0 Å². The predicted molar refractivity (Wildman–Crippen MR) is 81.6 cm³/mol. The summed E-state index contributed by atoms with van der Waals surface area (Å²) < 4.78 is 4.42. The molecule has 0 bridgehead atoms. The Bertz CT molecular complexity index is 655. The predicted octanol–water partition coefficient (Wildman–Crippen LogP) is 2.80. The molecule has 0 aliphatic rings. The van der Waals surface area contributed by atoms with Gasteiger partial charge in [0.1, 0.15) is 5.75 Å². The molecular weight excluding hydrogens is 282 g/mol. The van der Waals surface area contributed by atoms with Gasteiger partial charge >= 0.3 is 6.09 Å². The van der Waals surface area contributed by atoms with Gasteiger partial charge in [0.2, 0.25) is 5.91 Å². The second-order valence-electron chi connectivity index (χ2n) is 4.77. The lowest BCUT2D eigenvalue weighted by Crippen LogP contribution is -2.31. The van der Waals surface area contributed by atoms with Crippen molar-refractivity contribution in [1.29, 1.82) is 0 Å². The molecule has 0 spiro atoms. The molecule has 2 rings (SSSR count). The maximum absolute atomic E-state index is 12.0. The summed E-state index contributed by atoms with van der Waals surface area (Å²) in [5.41, 5.74) is 1.51. The number of hydrogen-bond donors (Lipinski definition) is 2. The Hall–Kier alpha value is -2.82. The molecule has 5 heteroatoms. The molecule has 2 amide bonds. The molecule has 1 atom stereocenters. The highest BCUT2D eigenvalue weighted by atomic mass is 16.5. The van der Waals surface area contributed by atoms with E-state index in [1.54, 1.807) is 24.3 Å². The first-order chi connectivity index (χ1) is 10.6. The van der Waals surface area contributed by atoms with Gasteiger partial charge in [0.15, 0.2) is 0 Å². The number of imide groups is 1. The lowest BCUT2D eigenvalue weighted by molar-refractivity contribution is -0.120. The summed E-state index contributed by atoms with van der Waals surface area (Å²) in [6.07, 6.45) is -0.773. The number of phenols is 1. The number of para-hydroxylation sites is 1.